The van der Waals surface area contributed by atoms with Gasteiger partial charge in [-0.25, -0.2) is 4.98 Å². The van der Waals surface area contributed by atoms with Gasteiger partial charge in [-0.15, -0.1) is 0 Å². The van der Waals surface area contributed by atoms with E-state index in [1.807, 2.05) is 18.2 Å². The lowest BCUT2D eigenvalue weighted by Gasteiger charge is -1.97. The van der Waals surface area contributed by atoms with Crippen molar-refractivity contribution in [3.8, 4) is 0 Å². The Morgan fingerprint density at radius 1 is 0.621 bits per heavy atom. The molecule has 4 aromatic carbocycles. The molecule has 0 radical (unpaired) electrons. The van der Waals surface area contributed by atoms with Gasteiger partial charge < -0.3 is 4.42 Å². The van der Waals surface area contributed by atoms with E-state index in [0.29, 0.717) is 0 Å². The lowest BCUT2D eigenvalue weighted by molar-refractivity contribution is 0.673. The molecule has 0 saturated heterocycles. The van der Waals surface area contributed by atoms with Crippen molar-refractivity contribution in [3.63, 3.8) is 0 Å². The highest BCUT2D eigenvalue weighted by molar-refractivity contribution is 6.26. The van der Waals surface area contributed by atoms with E-state index < -0.39 is 0 Å². The van der Waals surface area contributed by atoms with Gasteiger partial charge in [0.1, 0.15) is 11.2 Å². The van der Waals surface area contributed by atoms with Crippen LogP contribution in [0, 0.1) is 0 Å². The smallest absolute Gasteiger partial charge is 0.220 e. The van der Waals surface area contributed by atoms with Gasteiger partial charge in [0.2, 0.25) is 5.78 Å². The van der Waals surface area contributed by atoms with Crippen molar-refractivity contribution < 1.29 is 4.42 Å². The van der Waals surface area contributed by atoms with Crippen LogP contribution in [0.25, 0.3) is 66.1 Å². The maximum Gasteiger partial charge on any atom is 0.220 e. The molecule has 0 unspecified atom stereocenters. The van der Waals surface area contributed by atoms with Gasteiger partial charge in [0.15, 0.2) is 0 Å². The Kier molecular flexibility index (Phi) is 2.18. The zero-order valence-corrected chi connectivity index (χ0v) is 15.3. The maximum atomic E-state index is 6.36. The summed E-state index contributed by atoms with van der Waals surface area (Å²) in [6.45, 7) is 0. The standard InChI is InChI=1S/C25H13N3O/c1-4-11-21-14(6-1)15-12-13-19-22(24(15)29-21)16-7-5-10-20-23(16)28(19)25-26-17-8-2-3-9-18(17)27(20)25/h1-13H. The van der Waals surface area contributed by atoms with Crippen molar-refractivity contribution in [1.29, 1.82) is 0 Å². The van der Waals surface area contributed by atoms with Crippen LogP contribution in [0.1, 0.15) is 0 Å². The average molecular weight is 371 g/mol. The third-order valence-corrected chi connectivity index (χ3v) is 6.26. The number of fused-ring (bicyclic) bond motifs is 12. The molecule has 4 heterocycles. The highest BCUT2D eigenvalue weighted by Gasteiger charge is 2.23. The number of rotatable bonds is 0. The number of aromatic nitrogens is 3. The van der Waals surface area contributed by atoms with E-state index in [4.69, 9.17) is 9.40 Å². The second-order valence-electron chi connectivity index (χ2n) is 7.68. The summed E-state index contributed by atoms with van der Waals surface area (Å²) in [5.41, 5.74) is 7.53. The lowest BCUT2D eigenvalue weighted by Crippen LogP contribution is -1.84. The first kappa shape index (κ1) is 14.0. The third kappa shape index (κ3) is 1.46. The Bertz CT molecular complexity index is 1910. The topological polar surface area (TPSA) is 34.9 Å². The minimum Gasteiger partial charge on any atom is -0.455 e. The first-order valence-corrected chi connectivity index (χ1v) is 9.76. The molecule has 0 spiro atoms. The van der Waals surface area contributed by atoms with Gasteiger partial charge in [-0.2, -0.15) is 0 Å². The van der Waals surface area contributed by atoms with Crippen LogP contribution in [0.2, 0.25) is 0 Å². The van der Waals surface area contributed by atoms with Crippen molar-refractivity contribution in [2.24, 2.45) is 0 Å². The van der Waals surface area contributed by atoms with Crippen molar-refractivity contribution >= 4 is 66.1 Å². The molecule has 4 heteroatoms. The molecule has 0 atom stereocenters. The molecule has 0 aliphatic rings. The van der Waals surface area contributed by atoms with Crippen LogP contribution in [0.3, 0.4) is 0 Å². The van der Waals surface area contributed by atoms with E-state index in [1.54, 1.807) is 0 Å². The van der Waals surface area contributed by atoms with Gasteiger partial charge in [0, 0.05) is 16.2 Å². The molecule has 4 nitrogen and oxygen atoms in total. The first-order chi connectivity index (χ1) is 14.4. The number of hydrogen-bond acceptors (Lipinski definition) is 2. The van der Waals surface area contributed by atoms with Crippen LogP contribution in [0.15, 0.2) is 83.3 Å². The lowest BCUT2D eigenvalue weighted by atomic mass is 10.1. The molecular formula is C25H13N3O. The van der Waals surface area contributed by atoms with Crippen LogP contribution in [-0.2, 0) is 0 Å². The average Bonchev–Trinajstić information content (AvgIpc) is 3.48. The minimum absolute atomic E-state index is 0.927. The van der Waals surface area contributed by atoms with E-state index in [-0.39, 0.29) is 0 Å². The van der Waals surface area contributed by atoms with E-state index in [1.165, 1.54) is 16.4 Å². The molecule has 8 aromatic rings. The first-order valence-electron chi connectivity index (χ1n) is 9.76. The third-order valence-electron chi connectivity index (χ3n) is 6.26. The van der Waals surface area contributed by atoms with Gasteiger partial charge in [0.05, 0.1) is 33.0 Å². The summed E-state index contributed by atoms with van der Waals surface area (Å²) in [4.78, 5) is 4.97. The number of benzene rings is 4. The Morgan fingerprint density at radius 3 is 2.45 bits per heavy atom. The van der Waals surface area contributed by atoms with Crippen LogP contribution in [-0.4, -0.2) is 13.8 Å². The van der Waals surface area contributed by atoms with E-state index in [9.17, 15) is 0 Å². The quantitative estimate of drug-likeness (QED) is 0.310. The van der Waals surface area contributed by atoms with Gasteiger partial charge in [-0.3, -0.25) is 8.80 Å². The van der Waals surface area contributed by atoms with Crippen molar-refractivity contribution in [2.45, 2.75) is 0 Å². The SMILES string of the molecule is c1ccc2c(c1)nc1n2c2cccc3c4c5oc6ccccc6c5ccc4n1c32. The zero-order chi connectivity index (χ0) is 18.7. The van der Waals surface area contributed by atoms with Crippen molar-refractivity contribution in [3.05, 3.63) is 78.9 Å². The molecule has 0 fully saturated rings. The predicted molar refractivity (Wildman–Crippen MR) is 117 cm³/mol. The largest absolute Gasteiger partial charge is 0.455 e. The summed E-state index contributed by atoms with van der Waals surface area (Å²) < 4.78 is 10.9. The number of imidazole rings is 2. The second-order valence-corrected chi connectivity index (χ2v) is 7.68. The fourth-order valence-electron chi connectivity index (χ4n) is 5.10. The Hall–Kier alpha value is -4.05. The maximum absolute atomic E-state index is 6.36. The van der Waals surface area contributed by atoms with Crippen LogP contribution in [0.5, 0.6) is 0 Å². The van der Waals surface area contributed by atoms with Crippen molar-refractivity contribution in [1.82, 2.24) is 13.8 Å². The highest BCUT2D eigenvalue weighted by atomic mass is 16.3. The van der Waals surface area contributed by atoms with Crippen molar-refractivity contribution in [2.75, 3.05) is 0 Å². The fourth-order valence-corrected chi connectivity index (χ4v) is 5.10. The molecule has 8 rings (SSSR count). The molecule has 4 aromatic heterocycles. The second kappa shape index (κ2) is 4.50. The Balaban J connectivity index is 1.73. The molecule has 0 saturated carbocycles. The summed E-state index contributed by atoms with van der Waals surface area (Å²) in [6.07, 6.45) is 0. The molecule has 0 N–H and O–H groups in total. The minimum atomic E-state index is 0.927. The number of hydrogen-bond donors (Lipinski definition) is 0. The van der Waals surface area contributed by atoms with Gasteiger partial charge in [0.25, 0.3) is 0 Å². The predicted octanol–water partition coefficient (Wildman–Crippen LogP) is 6.38. The Labute approximate surface area is 163 Å². The van der Waals surface area contributed by atoms with Crippen LogP contribution >= 0.6 is 0 Å². The summed E-state index contributed by atoms with van der Waals surface area (Å²) in [7, 11) is 0. The molecule has 0 bridgehead atoms. The molecule has 0 amide bonds. The van der Waals surface area contributed by atoms with E-state index >= 15 is 0 Å². The molecule has 29 heavy (non-hydrogen) atoms. The summed E-state index contributed by atoms with van der Waals surface area (Å²) >= 11 is 0. The molecular weight excluding hydrogens is 358 g/mol. The number of furan rings is 1. The van der Waals surface area contributed by atoms with E-state index in [0.717, 1.165) is 49.7 Å². The normalized spacial score (nSPS) is 12.8. The fraction of sp³-hybridized carbons (Fsp3) is 0. The highest BCUT2D eigenvalue weighted by Crippen LogP contribution is 2.42. The summed E-state index contributed by atoms with van der Waals surface area (Å²) in [6, 6.07) is 27.5. The van der Waals surface area contributed by atoms with Crippen LogP contribution < -0.4 is 0 Å². The number of nitrogens with zero attached hydrogens (tertiary/aromatic N) is 3. The van der Waals surface area contributed by atoms with E-state index in [2.05, 4.69) is 69.5 Å². The van der Waals surface area contributed by atoms with Gasteiger partial charge in [-0.1, -0.05) is 42.5 Å². The van der Waals surface area contributed by atoms with Gasteiger partial charge >= 0.3 is 0 Å². The Morgan fingerprint density at radius 2 is 1.45 bits per heavy atom. The summed E-state index contributed by atoms with van der Waals surface area (Å²) in [5, 5.41) is 4.68. The zero-order valence-electron chi connectivity index (χ0n) is 15.3. The van der Waals surface area contributed by atoms with Gasteiger partial charge in [-0.05, 0) is 36.4 Å². The summed E-state index contributed by atoms with van der Waals surface area (Å²) in [5.74, 6) is 0.947. The molecule has 134 valence electrons. The van der Waals surface area contributed by atoms with Crippen LogP contribution in [0.4, 0.5) is 0 Å². The molecule has 0 aliphatic carbocycles. The number of para-hydroxylation sites is 4. The molecule has 0 aliphatic heterocycles. The monoisotopic (exact) mass is 371 g/mol.